The Morgan fingerprint density at radius 1 is 1.73 bits per heavy atom. The fourth-order valence-corrected chi connectivity index (χ4v) is 0.686. The number of ether oxygens (including phenoxy) is 1. The molecule has 0 saturated carbocycles. The number of amides is 1. The van der Waals surface area contributed by atoms with Crippen molar-refractivity contribution < 1.29 is 9.53 Å². The Labute approximate surface area is 67.3 Å². The van der Waals surface area contributed by atoms with Crippen molar-refractivity contribution in [1.82, 2.24) is 4.90 Å². The van der Waals surface area contributed by atoms with Crippen molar-refractivity contribution in [1.29, 1.82) is 0 Å². The molecule has 0 saturated heterocycles. The van der Waals surface area contributed by atoms with E-state index in [1.807, 2.05) is 0 Å². The molecule has 0 bridgehead atoms. The molecule has 0 radical (unpaired) electrons. The Hall–Kier alpha value is -0.610. The van der Waals surface area contributed by atoms with Gasteiger partial charge in [0.05, 0.1) is 12.6 Å². The van der Waals surface area contributed by atoms with Gasteiger partial charge < -0.3 is 15.4 Å². The molecule has 1 atom stereocenters. The smallest absolute Gasteiger partial charge is 0.239 e. The van der Waals surface area contributed by atoms with Crippen LogP contribution in [0.15, 0.2) is 0 Å². The fourth-order valence-electron chi connectivity index (χ4n) is 0.686. The monoisotopic (exact) mass is 160 g/mol. The Morgan fingerprint density at radius 2 is 2.27 bits per heavy atom. The number of nitrogens with two attached hydrogens (primary N) is 1. The molecule has 66 valence electrons. The lowest BCUT2D eigenvalue weighted by Crippen LogP contribution is -2.41. The van der Waals surface area contributed by atoms with Crippen LogP contribution >= 0.6 is 0 Å². The predicted octanol–water partition coefficient (Wildman–Crippen LogP) is -0.562. The minimum Gasteiger partial charge on any atom is -0.383 e. The summed E-state index contributed by atoms with van der Waals surface area (Å²) >= 11 is 0. The highest BCUT2D eigenvalue weighted by Crippen LogP contribution is 1.88. The van der Waals surface area contributed by atoms with E-state index in [1.54, 1.807) is 26.0 Å². The highest BCUT2D eigenvalue weighted by molar-refractivity contribution is 5.80. The molecule has 0 rings (SSSR count). The van der Waals surface area contributed by atoms with Crippen LogP contribution in [0.25, 0.3) is 0 Å². The van der Waals surface area contributed by atoms with Crippen molar-refractivity contribution in [2.24, 2.45) is 5.73 Å². The summed E-state index contributed by atoms with van der Waals surface area (Å²) in [6.45, 7) is 2.82. The first-order valence-corrected chi connectivity index (χ1v) is 3.59. The fraction of sp³-hybridized carbons (Fsp3) is 0.857. The van der Waals surface area contributed by atoms with E-state index in [9.17, 15) is 4.79 Å². The first-order chi connectivity index (χ1) is 5.09. The zero-order valence-corrected chi connectivity index (χ0v) is 7.33. The zero-order valence-electron chi connectivity index (χ0n) is 7.33. The molecule has 4 heteroatoms. The summed E-state index contributed by atoms with van der Waals surface area (Å²) in [5, 5.41) is 0. The van der Waals surface area contributed by atoms with Crippen LogP contribution in [0.1, 0.15) is 6.92 Å². The lowest BCUT2D eigenvalue weighted by molar-refractivity contribution is -0.131. The number of carbonyl (C=O) groups excluding carboxylic acids is 1. The molecule has 4 nitrogen and oxygen atoms in total. The second kappa shape index (κ2) is 5.09. The van der Waals surface area contributed by atoms with Crippen LogP contribution in [-0.4, -0.2) is 44.2 Å². The SMILES string of the molecule is COCCN(C)C(=O)[C@@H](C)N. The molecule has 0 aliphatic carbocycles. The van der Waals surface area contributed by atoms with Gasteiger partial charge in [0, 0.05) is 20.7 Å². The van der Waals surface area contributed by atoms with Gasteiger partial charge in [-0.15, -0.1) is 0 Å². The maximum Gasteiger partial charge on any atom is 0.239 e. The van der Waals surface area contributed by atoms with Crippen molar-refractivity contribution in [3.05, 3.63) is 0 Å². The van der Waals surface area contributed by atoms with E-state index >= 15 is 0 Å². The second-order valence-electron chi connectivity index (χ2n) is 2.54. The van der Waals surface area contributed by atoms with Crippen LogP contribution in [0.5, 0.6) is 0 Å². The Kier molecular flexibility index (Phi) is 4.81. The van der Waals surface area contributed by atoms with Gasteiger partial charge in [0.2, 0.25) is 5.91 Å². The largest absolute Gasteiger partial charge is 0.383 e. The molecule has 0 aromatic rings. The number of hydrogen-bond acceptors (Lipinski definition) is 3. The topological polar surface area (TPSA) is 55.6 Å². The maximum absolute atomic E-state index is 11.1. The van der Waals surface area contributed by atoms with E-state index in [-0.39, 0.29) is 5.91 Å². The molecule has 0 heterocycles. The summed E-state index contributed by atoms with van der Waals surface area (Å²) in [6, 6.07) is -0.420. The van der Waals surface area contributed by atoms with Crippen LogP contribution in [0.2, 0.25) is 0 Å². The number of likely N-dealkylation sites (N-methyl/N-ethyl adjacent to an activating group) is 1. The number of rotatable bonds is 4. The van der Waals surface area contributed by atoms with E-state index < -0.39 is 6.04 Å². The molecule has 11 heavy (non-hydrogen) atoms. The molecular weight excluding hydrogens is 144 g/mol. The summed E-state index contributed by atoms with van der Waals surface area (Å²) in [4.78, 5) is 12.7. The minimum atomic E-state index is -0.420. The van der Waals surface area contributed by atoms with Gasteiger partial charge in [0.15, 0.2) is 0 Å². The van der Waals surface area contributed by atoms with Crippen molar-refractivity contribution >= 4 is 5.91 Å². The average Bonchev–Trinajstić information content (AvgIpc) is 1.98. The molecule has 0 fully saturated rings. The van der Waals surface area contributed by atoms with Crippen LogP contribution < -0.4 is 5.73 Å². The van der Waals surface area contributed by atoms with E-state index in [0.717, 1.165) is 0 Å². The highest BCUT2D eigenvalue weighted by atomic mass is 16.5. The van der Waals surface area contributed by atoms with E-state index in [4.69, 9.17) is 10.5 Å². The second-order valence-corrected chi connectivity index (χ2v) is 2.54. The van der Waals surface area contributed by atoms with Gasteiger partial charge in [0.25, 0.3) is 0 Å². The molecule has 0 unspecified atom stereocenters. The summed E-state index contributed by atoms with van der Waals surface area (Å²) in [6.07, 6.45) is 0. The van der Waals surface area contributed by atoms with Crippen LogP contribution in [0.3, 0.4) is 0 Å². The first-order valence-electron chi connectivity index (χ1n) is 3.59. The summed E-state index contributed by atoms with van der Waals surface area (Å²) in [7, 11) is 3.31. The van der Waals surface area contributed by atoms with Gasteiger partial charge in [-0.3, -0.25) is 4.79 Å². The van der Waals surface area contributed by atoms with Crippen LogP contribution in [-0.2, 0) is 9.53 Å². The Bertz CT molecular complexity index is 126. The van der Waals surface area contributed by atoms with E-state index in [1.165, 1.54) is 0 Å². The first kappa shape index (κ1) is 10.4. The van der Waals surface area contributed by atoms with Gasteiger partial charge >= 0.3 is 0 Å². The molecule has 0 aromatic carbocycles. The summed E-state index contributed by atoms with van der Waals surface area (Å²) in [5.41, 5.74) is 5.38. The van der Waals surface area contributed by atoms with Crippen molar-refractivity contribution in [3.8, 4) is 0 Å². The molecule has 0 aliphatic heterocycles. The van der Waals surface area contributed by atoms with Gasteiger partial charge in [-0.25, -0.2) is 0 Å². The molecule has 0 spiro atoms. The number of nitrogens with zero attached hydrogens (tertiary/aromatic N) is 1. The Balaban J connectivity index is 3.64. The molecule has 0 aromatic heterocycles. The minimum absolute atomic E-state index is 0.0537. The van der Waals surface area contributed by atoms with Crippen LogP contribution in [0.4, 0.5) is 0 Å². The lowest BCUT2D eigenvalue weighted by Gasteiger charge is -2.18. The van der Waals surface area contributed by atoms with Crippen molar-refractivity contribution in [3.63, 3.8) is 0 Å². The lowest BCUT2D eigenvalue weighted by atomic mass is 10.3. The standard InChI is InChI=1S/C7H16N2O2/c1-6(8)7(10)9(2)4-5-11-3/h6H,4-5,8H2,1-3H3/t6-/m1/s1. The normalized spacial score (nSPS) is 12.7. The molecule has 0 aliphatic rings. The van der Waals surface area contributed by atoms with Gasteiger partial charge in [-0.1, -0.05) is 0 Å². The zero-order chi connectivity index (χ0) is 8.85. The summed E-state index contributed by atoms with van der Waals surface area (Å²) in [5.74, 6) is -0.0537. The number of methoxy groups -OCH3 is 1. The van der Waals surface area contributed by atoms with Crippen molar-refractivity contribution in [2.75, 3.05) is 27.3 Å². The van der Waals surface area contributed by atoms with E-state index in [2.05, 4.69) is 0 Å². The highest BCUT2D eigenvalue weighted by Gasteiger charge is 2.11. The maximum atomic E-state index is 11.1. The van der Waals surface area contributed by atoms with E-state index in [0.29, 0.717) is 13.2 Å². The predicted molar refractivity (Wildman–Crippen MR) is 43.2 cm³/mol. The molecular formula is C7H16N2O2. The molecule has 1 amide bonds. The number of carbonyl (C=O) groups is 1. The quantitative estimate of drug-likeness (QED) is 0.599. The summed E-state index contributed by atoms with van der Waals surface area (Å²) < 4.78 is 4.81. The van der Waals surface area contributed by atoms with Crippen LogP contribution in [0, 0.1) is 0 Å². The number of hydrogen-bond donors (Lipinski definition) is 1. The van der Waals surface area contributed by atoms with Gasteiger partial charge in [0.1, 0.15) is 0 Å². The third kappa shape index (κ3) is 3.95. The van der Waals surface area contributed by atoms with Crippen molar-refractivity contribution in [2.45, 2.75) is 13.0 Å². The Morgan fingerprint density at radius 3 is 2.64 bits per heavy atom. The third-order valence-corrected chi connectivity index (χ3v) is 1.40. The molecule has 2 N–H and O–H groups in total. The average molecular weight is 160 g/mol. The van der Waals surface area contributed by atoms with Gasteiger partial charge in [-0.2, -0.15) is 0 Å². The van der Waals surface area contributed by atoms with Gasteiger partial charge in [-0.05, 0) is 6.92 Å². The third-order valence-electron chi connectivity index (χ3n) is 1.40.